The van der Waals surface area contributed by atoms with Crippen LogP contribution >= 0.6 is 0 Å². The molecule has 138 valence electrons. The van der Waals surface area contributed by atoms with Gasteiger partial charge in [-0.3, -0.25) is 4.79 Å². The highest BCUT2D eigenvalue weighted by molar-refractivity contribution is 5.93. The number of nitrogens with zero attached hydrogens (tertiary/aromatic N) is 1. The summed E-state index contributed by atoms with van der Waals surface area (Å²) in [6.07, 6.45) is -3.68. The monoisotopic (exact) mass is 357 g/mol. The van der Waals surface area contributed by atoms with E-state index in [0.717, 1.165) is 6.07 Å². The van der Waals surface area contributed by atoms with Crippen molar-refractivity contribution >= 4 is 17.6 Å². The van der Waals surface area contributed by atoms with E-state index < -0.39 is 23.6 Å². The Morgan fingerprint density at radius 1 is 1.16 bits per heavy atom. The Labute approximate surface area is 144 Å². The minimum absolute atomic E-state index is 0.0207. The van der Waals surface area contributed by atoms with Crippen LogP contribution in [0.25, 0.3) is 0 Å². The molecule has 25 heavy (non-hydrogen) atoms. The van der Waals surface area contributed by atoms with Crippen LogP contribution in [0.1, 0.15) is 32.3 Å². The maximum atomic E-state index is 13.0. The van der Waals surface area contributed by atoms with E-state index in [0.29, 0.717) is 25.9 Å². The molecule has 0 unspecified atom stereocenters. The van der Waals surface area contributed by atoms with E-state index >= 15 is 0 Å². The van der Waals surface area contributed by atoms with Gasteiger partial charge in [-0.2, -0.15) is 13.2 Å². The number of anilines is 1. The molecule has 2 rings (SSSR count). The summed E-state index contributed by atoms with van der Waals surface area (Å²) in [7, 11) is 0. The van der Waals surface area contributed by atoms with Crippen LogP contribution in [0.15, 0.2) is 24.3 Å². The molecule has 0 atom stereocenters. The number of carbonyl (C=O) groups is 2. The molecule has 0 saturated carbocycles. The number of hydrogen-bond donors (Lipinski definition) is 2. The summed E-state index contributed by atoms with van der Waals surface area (Å²) in [4.78, 5) is 25.8. The molecule has 0 aliphatic carbocycles. The van der Waals surface area contributed by atoms with Gasteiger partial charge in [0.05, 0.1) is 11.3 Å². The number of amides is 3. The minimum Gasteiger partial charge on any atom is -0.336 e. The van der Waals surface area contributed by atoms with E-state index in [1.165, 1.54) is 18.2 Å². The number of urea groups is 1. The fourth-order valence-corrected chi connectivity index (χ4v) is 2.76. The maximum Gasteiger partial charge on any atom is 0.418 e. The number of alkyl halides is 3. The van der Waals surface area contributed by atoms with Crippen molar-refractivity contribution in [2.45, 2.75) is 38.9 Å². The van der Waals surface area contributed by atoms with Gasteiger partial charge in [-0.1, -0.05) is 12.1 Å². The van der Waals surface area contributed by atoms with Gasteiger partial charge in [-0.15, -0.1) is 0 Å². The van der Waals surface area contributed by atoms with Crippen LogP contribution in [0.2, 0.25) is 0 Å². The second-order valence-corrected chi connectivity index (χ2v) is 6.40. The quantitative estimate of drug-likeness (QED) is 0.870. The first-order valence-corrected chi connectivity index (χ1v) is 8.21. The van der Waals surface area contributed by atoms with Gasteiger partial charge in [-0.05, 0) is 38.8 Å². The third kappa shape index (κ3) is 5.11. The topological polar surface area (TPSA) is 61.4 Å². The molecule has 3 amide bonds. The van der Waals surface area contributed by atoms with Gasteiger partial charge >= 0.3 is 12.2 Å². The number of nitrogens with one attached hydrogen (secondary N) is 2. The van der Waals surface area contributed by atoms with E-state index in [9.17, 15) is 22.8 Å². The molecular formula is C17H22F3N3O2. The highest BCUT2D eigenvalue weighted by Crippen LogP contribution is 2.35. The highest BCUT2D eigenvalue weighted by atomic mass is 19.4. The Balaban J connectivity index is 1.95. The summed E-state index contributed by atoms with van der Waals surface area (Å²) in [6, 6.07) is 4.75. The van der Waals surface area contributed by atoms with Crippen LogP contribution in [0.4, 0.5) is 23.7 Å². The highest BCUT2D eigenvalue weighted by Gasteiger charge is 2.34. The van der Waals surface area contributed by atoms with Gasteiger partial charge in [0.25, 0.3) is 0 Å². The number of para-hydroxylation sites is 1. The Hall–Kier alpha value is -2.25. The van der Waals surface area contributed by atoms with Crippen LogP contribution < -0.4 is 10.6 Å². The third-order valence-corrected chi connectivity index (χ3v) is 4.06. The molecule has 0 spiro atoms. The molecule has 5 nitrogen and oxygen atoms in total. The maximum absolute atomic E-state index is 13.0. The molecule has 0 bridgehead atoms. The third-order valence-electron chi connectivity index (χ3n) is 4.06. The largest absolute Gasteiger partial charge is 0.418 e. The van der Waals surface area contributed by atoms with Crippen LogP contribution in [0, 0.1) is 5.92 Å². The lowest BCUT2D eigenvalue weighted by Gasteiger charge is -2.32. The van der Waals surface area contributed by atoms with E-state index in [-0.39, 0.29) is 17.8 Å². The van der Waals surface area contributed by atoms with Crippen molar-refractivity contribution in [2.24, 2.45) is 5.92 Å². The van der Waals surface area contributed by atoms with Crippen molar-refractivity contribution < 1.29 is 22.8 Å². The fraction of sp³-hybridized carbons (Fsp3) is 0.529. The number of rotatable bonds is 3. The summed E-state index contributed by atoms with van der Waals surface area (Å²) >= 11 is 0. The Bertz CT molecular complexity index is 624. The molecule has 0 radical (unpaired) electrons. The number of piperidine rings is 1. The normalized spacial score (nSPS) is 16.0. The zero-order chi connectivity index (χ0) is 18.6. The Morgan fingerprint density at radius 3 is 2.32 bits per heavy atom. The van der Waals surface area contributed by atoms with Crippen molar-refractivity contribution in [1.82, 2.24) is 10.2 Å². The molecule has 1 fully saturated rings. The summed E-state index contributed by atoms with van der Waals surface area (Å²) in [5.74, 6) is -0.856. The van der Waals surface area contributed by atoms with Gasteiger partial charge in [-0.25, -0.2) is 4.79 Å². The Kier molecular flexibility index (Phi) is 5.92. The van der Waals surface area contributed by atoms with Gasteiger partial charge in [0.2, 0.25) is 5.91 Å². The average molecular weight is 357 g/mol. The van der Waals surface area contributed by atoms with Crippen molar-refractivity contribution in [2.75, 3.05) is 18.4 Å². The SMILES string of the molecule is CC(C)NC(=O)N1CCC(C(=O)Nc2ccccc2C(F)(F)F)CC1. The van der Waals surface area contributed by atoms with Crippen LogP contribution in [0.5, 0.6) is 0 Å². The van der Waals surface area contributed by atoms with Crippen molar-refractivity contribution in [3.63, 3.8) is 0 Å². The second kappa shape index (κ2) is 7.76. The number of hydrogen-bond acceptors (Lipinski definition) is 2. The first-order valence-electron chi connectivity index (χ1n) is 8.21. The first kappa shape index (κ1) is 19.1. The number of carbonyl (C=O) groups excluding carboxylic acids is 2. The van der Waals surface area contributed by atoms with Crippen LogP contribution in [-0.2, 0) is 11.0 Å². The van der Waals surface area contributed by atoms with E-state index in [1.54, 1.807) is 4.90 Å². The summed E-state index contributed by atoms with van der Waals surface area (Å²) in [6.45, 7) is 4.52. The second-order valence-electron chi connectivity index (χ2n) is 6.40. The molecule has 1 aliphatic heterocycles. The molecule has 1 aliphatic rings. The molecule has 1 aromatic carbocycles. The predicted octanol–water partition coefficient (Wildman–Crippen LogP) is 3.47. The summed E-state index contributed by atoms with van der Waals surface area (Å²) in [5.41, 5.74) is -1.10. The number of halogens is 3. The lowest BCUT2D eigenvalue weighted by Crippen LogP contribution is -2.47. The molecular weight excluding hydrogens is 335 g/mol. The fourth-order valence-electron chi connectivity index (χ4n) is 2.76. The van der Waals surface area contributed by atoms with Gasteiger partial charge in [0.1, 0.15) is 0 Å². The molecule has 2 N–H and O–H groups in total. The summed E-state index contributed by atoms with van der Waals surface area (Å²) in [5, 5.41) is 5.17. The first-order chi connectivity index (χ1) is 11.7. The number of likely N-dealkylation sites (tertiary alicyclic amines) is 1. The molecule has 1 aromatic rings. The Morgan fingerprint density at radius 2 is 1.76 bits per heavy atom. The predicted molar refractivity (Wildman–Crippen MR) is 88.0 cm³/mol. The molecule has 1 heterocycles. The van der Waals surface area contributed by atoms with E-state index in [4.69, 9.17) is 0 Å². The molecule has 1 saturated heterocycles. The zero-order valence-electron chi connectivity index (χ0n) is 14.2. The summed E-state index contributed by atoms with van der Waals surface area (Å²) < 4.78 is 38.9. The smallest absolute Gasteiger partial charge is 0.336 e. The van der Waals surface area contributed by atoms with Crippen molar-refractivity contribution in [3.05, 3.63) is 29.8 Å². The van der Waals surface area contributed by atoms with Crippen molar-refractivity contribution in [3.8, 4) is 0 Å². The average Bonchev–Trinajstić information content (AvgIpc) is 2.54. The minimum atomic E-state index is -4.53. The van der Waals surface area contributed by atoms with E-state index in [1.807, 2.05) is 13.8 Å². The van der Waals surface area contributed by atoms with Crippen LogP contribution in [0.3, 0.4) is 0 Å². The van der Waals surface area contributed by atoms with Crippen LogP contribution in [-0.4, -0.2) is 36.0 Å². The standard InChI is InChI=1S/C17H22F3N3O2/c1-11(2)21-16(25)23-9-7-12(8-10-23)15(24)22-14-6-4-3-5-13(14)17(18,19)20/h3-6,11-12H,7-10H2,1-2H3,(H,21,25)(H,22,24). The molecule has 0 aromatic heterocycles. The van der Waals surface area contributed by atoms with E-state index in [2.05, 4.69) is 10.6 Å². The molecule has 8 heteroatoms. The number of benzene rings is 1. The lowest BCUT2D eigenvalue weighted by atomic mass is 9.96. The zero-order valence-corrected chi connectivity index (χ0v) is 14.2. The lowest BCUT2D eigenvalue weighted by molar-refractivity contribution is -0.137. The van der Waals surface area contributed by atoms with Crippen molar-refractivity contribution in [1.29, 1.82) is 0 Å². The van der Waals surface area contributed by atoms with Gasteiger partial charge in [0.15, 0.2) is 0 Å². The van der Waals surface area contributed by atoms with Gasteiger partial charge < -0.3 is 15.5 Å². The van der Waals surface area contributed by atoms with Gasteiger partial charge in [0, 0.05) is 25.0 Å².